The smallest absolute Gasteiger partial charge is 0.344 e. The van der Waals surface area contributed by atoms with E-state index in [1.165, 1.54) is 6.92 Å². The minimum atomic E-state index is -0.957. The molecule has 1 aromatic rings. The Kier molecular flexibility index (Phi) is 5.83. The maximum absolute atomic E-state index is 10.8. The van der Waals surface area contributed by atoms with Crippen LogP contribution in [0.4, 0.5) is 0 Å². The number of carboxylic acids is 1. The van der Waals surface area contributed by atoms with Crippen LogP contribution in [0.25, 0.3) is 0 Å². The van der Waals surface area contributed by atoms with Crippen molar-refractivity contribution >= 4 is 5.97 Å². The van der Waals surface area contributed by atoms with Gasteiger partial charge in [-0.2, -0.15) is 0 Å². The highest BCUT2D eigenvalue weighted by molar-refractivity contribution is 5.72. The molecule has 1 aromatic carbocycles. The van der Waals surface area contributed by atoms with Crippen LogP contribution in [0, 0.1) is 12.8 Å². The molecule has 4 heteroatoms. The Balaban J connectivity index is 2.76. The molecule has 1 rings (SSSR count). The molecule has 0 radical (unpaired) electrons. The summed E-state index contributed by atoms with van der Waals surface area (Å²) < 4.78 is 5.48. The lowest BCUT2D eigenvalue weighted by Crippen LogP contribution is -2.24. The highest BCUT2D eigenvalue weighted by Crippen LogP contribution is 2.21. The number of hydrogen-bond donors (Lipinski definition) is 2. The molecule has 0 aliphatic rings. The third kappa shape index (κ3) is 5.30. The van der Waals surface area contributed by atoms with Gasteiger partial charge >= 0.3 is 5.97 Å². The van der Waals surface area contributed by atoms with Gasteiger partial charge in [0.1, 0.15) is 5.75 Å². The molecular formula is C15H23NO3. The predicted molar refractivity (Wildman–Crippen MR) is 75.4 cm³/mol. The third-order valence-electron chi connectivity index (χ3n) is 2.74. The van der Waals surface area contributed by atoms with E-state index in [0.717, 1.165) is 17.7 Å². The first-order valence-electron chi connectivity index (χ1n) is 6.60. The number of benzene rings is 1. The fraction of sp³-hybridized carbons (Fsp3) is 0.533. The molecule has 0 aliphatic heterocycles. The van der Waals surface area contributed by atoms with Crippen LogP contribution in [0.15, 0.2) is 18.2 Å². The van der Waals surface area contributed by atoms with E-state index < -0.39 is 12.1 Å². The van der Waals surface area contributed by atoms with Crippen molar-refractivity contribution in [3.63, 3.8) is 0 Å². The van der Waals surface area contributed by atoms with Gasteiger partial charge in [-0.1, -0.05) is 31.5 Å². The van der Waals surface area contributed by atoms with Crippen molar-refractivity contribution in [3.8, 4) is 5.75 Å². The molecule has 2 N–H and O–H groups in total. The summed E-state index contributed by atoms with van der Waals surface area (Å²) in [7, 11) is 0. The number of rotatable bonds is 7. The molecule has 0 bridgehead atoms. The monoisotopic (exact) mass is 265 g/mol. The molecule has 1 atom stereocenters. The Labute approximate surface area is 114 Å². The SMILES string of the molecule is Cc1ccc(OC(C)C(=O)O)c(CNCC(C)C)c1. The lowest BCUT2D eigenvalue weighted by molar-refractivity contribution is -0.144. The number of carbonyl (C=O) groups is 1. The fourth-order valence-corrected chi connectivity index (χ4v) is 1.70. The highest BCUT2D eigenvalue weighted by Gasteiger charge is 2.14. The van der Waals surface area contributed by atoms with Crippen LogP contribution in [0.5, 0.6) is 5.75 Å². The molecule has 0 amide bonds. The zero-order valence-corrected chi connectivity index (χ0v) is 12.1. The van der Waals surface area contributed by atoms with Crippen molar-refractivity contribution in [2.75, 3.05) is 6.54 Å². The summed E-state index contributed by atoms with van der Waals surface area (Å²) in [5, 5.41) is 12.2. The average Bonchev–Trinajstić information content (AvgIpc) is 2.31. The first-order valence-corrected chi connectivity index (χ1v) is 6.60. The van der Waals surface area contributed by atoms with Gasteiger partial charge in [-0.15, -0.1) is 0 Å². The maximum Gasteiger partial charge on any atom is 0.344 e. The topological polar surface area (TPSA) is 58.6 Å². The molecule has 1 unspecified atom stereocenters. The maximum atomic E-state index is 10.8. The largest absolute Gasteiger partial charge is 0.479 e. The van der Waals surface area contributed by atoms with E-state index in [2.05, 4.69) is 19.2 Å². The van der Waals surface area contributed by atoms with E-state index in [4.69, 9.17) is 9.84 Å². The van der Waals surface area contributed by atoms with Crippen molar-refractivity contribution < 1.29 is 14.6 Å². The number of aryl methyl sites for hydroxylation is 1. The van der Waals surface area contributed by atoms with E-state index in [9.17, 15) is 4.79 Å². The van der Waals surface area contributed by atoms with E-state index in [-0.39, 0.29) is 0 Å². The van der Waals surface area contributed by atoms with E-state index in [1.807, 2.05) is 25.1 Å². The Bertz CT molecular complexity index is 429. The quantitative estimate of drug-likeness (QED) is 0.795. The molecule has 0 spiro atoms. The molecule has 0 saturated heterocycles. The van der Waals surface area contributed by atoms with Crippen molar-refractivity contribution in [2.24, 2.45) is 5.92 Å². The molecular weight excluding hydrogens is 242 g/mol. The van der Waals surface area contributed by atoms with Crippen LogP contribution in [-0.2, 0) is 11.3 Å². The van der Waals surface area contributed by atoms with Crippen molar-refractivity contribution in [1.29, 1.82) is 0 Å². The first-order chi connectivity index (χ1) is 8.90. The number of hydrogen-bond acceptors (Lipinski definition) is 3. The summed E-state index contributed by atoms with van der Waals surface area (Å²) >= 11 is 0. The summed E-state index contributed by atoms with van der Waals surface area (Å²) in [6, 6.07) is 5.79. The van der Waals surface area contributed by atoms with Gasteiger partial charge in [0.2, 0.25) is 0 Å². The van der Waals surface area contributed by atoms with E-state index in [0.29, 0.717) is 18.2 Å². The normalized spacial score (nSPS) is 12.5. The van der Waals surface area contributed by atoms with Crippen molar-refractivity contribution in [1.82, 2.24) is 5.32 Å². The number of carboxylic acid groups (broad SMARTS) is 1. The summed E-state index contributed by atoms with van der Waals surface area (Å²) in [6.45, 7) is 9.44. The zero-order valence-electron chi connectivity index (χ0n) is 12.1. The van der Waals surface area contributed by atoms with Crippen LogP contribution in [0.2, 0.25) is 0 Å². The Morgan fingerprint density at radius 2 is 2.05 bits per heavy atom. The van der Waals surface area contributed by atoms with Gasteiger partial charge in [-0.05, 0) is 32.4 Å². The molecule has 0 aromatic heterocycles. The zero-order chi connectivity index (χ0) is 14.4. The lowest BCUT2D eigenvalue weighted by atomic mass is 10.1. The molecule has 0 fully saturated rings. The van der Waals surface area contributed by atoms with Crippen LogP contribution in [0.1, 0.15) is 31.9 Å². The number of aliphatic carboxylic acids is 1. The van der Waals surface area contributed by atoms with Crippen LogP contribution >= 0.6 is 0 Å². The predicted octanol–water partition coefficient (Wildman–Crippen LogP) is 2.59. The standard InChI is InChI=1S/C15H23NO3/c1-10(2)8-16-9-13-7-11(3)5-6-14(13)19-12(4)15(17)18/h5-7,10,12,16H,8-9H2,1-4H3,(H,17,18). The summed E-state index contributed by atoms with van der Waals surface area (Å²) in [5.41, 5.74) is 2.13. The first kappa shape index (κ1) is 15.5. The molecule has 0 aliphatic carbocycles. The second kappa shape index (κ2) is 7.14. The average molecular weight is 265 g/mol. The van der Waals surface area contributed by atoms with E-state index >= 15 is 0 Å². The van der Waals surface area contributed by atoms with Gasteiger partial charge in [-0.25, -0.2) is 4.79 Å². The van der Waals surface area contributed by atoms with Gasteiger partial charge in [0.15, 0.2) is 6.10 Å². The van der Waals surface area contributed by atoms with Crippen molar-refractivity contribution in [3.05, 3.63) is 29.3 Å². The van der Waals surface area contributed by atoms with Gasteiger partial charge in [-0.3, -0.25) is 0 Å². The molecule has 0 saturated carbocycles. The summed E-state index contributed by atoms with van der Waals surface area (Å²) in [5.74, 6) is 0.255. The number of ether oxygens (including phenoxy) is 1. The van der Waals surface area contributed by atoms with Gasteiger partial charge in [0.05, 0.1) is 0 Å². The lowest BCUT2D eigenvalue weighted by Gasteiger charge is -2.16. The molecule has 19 heavy (non-hydrogen) atoms. The summed E-state index contributed by atoms with van der Waals surface area (Å²) in [4.78, 5) is 10.8. The van der Waals surface area contributed by atoms with Gasteiger partial charge < -0.3 is 15.2 Å². The minimum Gasteiger partial charge on any atom is -0.479 e. The van der Waals surface area contributed by atoms with Crippen molar-refractivity contribution in [2.45, 2.75) is 40.3 Å². The van der Waals surface area contributed by atoms with Crippen LogP contribution in [0.3, 0.4) is 0 Å². The van der Waals surface area contributed by atoms with Crippen LogP contribution in [-0.4, -0.2) is 23.7 Å². The van der Waals surface area contributed by atoms with Gasteiger partial charge in [0, 0.05) is 12.1 Å². The molecule has 106 valence electrons. The molecule has 0 heterocycles. The Morgan fingerprint density at radius 3 is 2.63 bits per heavy atom. The second-order valence-corrected chi connectivity index (χ2v) is 5.23. The van der Waals surface area contributed by atoms with Gasteiger partial charge in [0.25, 0.3) is 0 Å². The highest BCUT2D eigenvalue weighted by atomic mass is 16.5. The summed E-state index contributed by atoms with van der Waals surface area (Å²) in [6.07, 6.45) is -0.841. The number of nitrogens with one attached hydrogen (secondary N) is 1. The fourth-order valence-electron chi connectivity index (χ4n) is 1.70. The molecule has 4 nitrogen and oxygen atoms in total. The Morgan fingerprint density at radius 1 is 1.37 bits per heavy atom. The second-order valence-electron chi connectivity index (χ2n) is 5.23. The minimum absolute atomic E-state index is 0.576. The Hall–Kier alpha value is -1.55. The van der Waals surface area contributed by atoms with Crippen LogP contribution < -0.4 is 10.1 Å². The van der Waals surface area contributed by atoms with E-state index in [1.54, 1.807) is 0 Å². The third-order valence-corrected chi connectivity index (χ3v) is 2.74.